The second-order valence-electron chi connectivity index (χ2n) is 5.30. The molecule has 3 aromatic rings. The van der Waals surface area contributed by atoms with E-state index in [1.165, 1.54) is 0 Å². The van der Waals surface area contributed by atoms with Crippen LogP contribution in [-0.2, 0) is 0 Å². The third-order valence-electron chi connectivity index (χ3n) is 3.33. The molecule has 140 valence electrons. The zero-order chi connectivity index (χ0) is 19.3. The predicted molar refractivity (Wildman–Crippen MR) is 93.9 cm³/mol. The summed E-state index contributed by atoms with van der Waals surface area (Å²) in [6, 6.07) is 17.7. The fraction of sp³-hybridized carbons (Fsp3) is 0.118. The molecule has 1 heterocycles. The number of nitrogens with two attached hydrogens (primary N) is 1. The van der Waals surface area contributed by atoms with Gasteiger partial charge in [-0.2, -0.15) is 28.1 Å². The maximum atomic E-state index is 12.5. The van der Waals surface area contributed by atoms with Crippen LogP contribution < -0.4 is 20.9 Å². The smallest absolute Gasteiger partial charge is 0.422 e. The van der Waals surface area contributed by atoms with Crippen molar-refractivity contribution < 1.29 is 17.9 Å². The molecule has 2 aromatic carbocycles. The standard InChI is InChI=1S/C17H15F3N6O/c18-17(19,20)11-27-16-23-14(25-21)22-15(24-16)26(12-7-3-1-4-8-12)13-9-5-2-6-10-13/h1-10H,11,21H2,(H,22,23,24,25). The molecule has 3 rings (SSSR count). The Morgan fingerprint density at radius 1 is 0.889 bits per heavy atom. The highest BCUT2D eigenvalue weighted by Gasteiger charge is 2.29. The second-order valence-corrected chi connectivity index (χ2v) is 5.30. The van der Waals surface area contributed by atoms with Gasteiger partial charge in [0.05, 0.1) is 0 Å². The van der Waals surface area contributed by atoms with Gasteiger partial charge in [-0.1, -0.05) is 36.4 Å². The molecule has 27 heavy (non-hydrogen) atoms. The number of ether oxygens (including phenoxy) is 1. The first-order valence-electron chi connectivity index (χ1n) is 7.79. The van der Waals surface area contributed by atoms with Gasteiger partial charge in [-0.3, -0.25) is 10.3 Å². The second kappa shape index (κ2) is 7.87. The summed E-state index contributed by atoms with van der Waals surface area (Å²) in [6.45, 7) is -1.53. The van der Waals surface area contributed by atoms with E-state index in [0.717, 1.165) is 0 Å². The average molecular weight is 376 g/mol. The van der Waals surface area contributed by atoms with Crippen LogP contribution in [0.25, 0.3) is 0 Å². The van der Waals surface area contributed by atoms with E-state index in [4.69, 9.17) is 5.84 Å². The summed E-state index contributed by atoms with van der Waals surface area (Å²) >= 11 is 0. The molecule has 10 heteroatoms. The minimum Gasteiger partial charge on any atom is -0.454 e. The molecule has 0 atom stereocenters. The molecule has 0 aliphatic carbocycles. The first kappa shape index (κ1) is 18.4. The lowest BCUT2D eigenvalue weighted by molar-refractivity contribution is -0.154. The Balaban J connectivity index is 2.06. The monoisotopic (exact) mass is 376 g/mol. The first-order chi connectivity index (χ1) is 13.0. The summed E-state index contributed by atoms with van der Waals surface area (Å²) < 4.78 is 42.1. The first-order valence-corrected chi connectivity index (χ1v) is 7.79. The molecule has 0 aliphatic heterocycles. The maximum Gasteiger partial charge on any atom is 0.422 e. The van der Waals surface area contributed by atoms with Crippen molar-refractivity contribution in [2.75, 3.05) is 16.9 Å². The number of nitrogens with zero attached hydrogens (tertiary/aromatic N) is 4. The van der Waals surface area contributed by atoms with Gasteiger partial charge in [-0.25, -0.2) is 5.84 Å². The van der Waals surface area contributed by atoms with Crippen LogP contribution in [0.1, 0.15) is 0 Å². The lowest BCUT2D eigenvalue weighted by Gasteiger charge is -2.23. The SMILES string of the molecule is NNc1nc(OCC(F)(F)F)nc(N(c2ccccc2)c2ccccc2)n1. The molecule has 0 radical (unpaired) electrons. The van der Waals surface area contributed by atoms with Crippen LogP contribution in [0.2, 0.25) is 0 Å². The fourth-order valence-electron chi connectivity index (χ4n) is 2.26. The van der Waals surface area contributed by atoms with Crippen molar-refractivity contribution in [3.63, 3.8) is 0 Å². The number of nitrogen functional groups attached to an aromatic ring is 1. The van der Waals surface area contributed by atoms with Crippen LogP contribution in [0.15, 0.2) is 60.7 Å². The third-order valence-corrected chi connectivity index (χ3v) is 3.33. The number of benzene rings is 2. The molecular formula is C17H15F3N6O. The summed E-state index contributed by atoms with van der Waals surface area (Å²) in [5.74, 6) is 5.27. The molecule has 7 nitrogen and oxygen atoms in total. The number of halogens is 3. The normalized spacial score (nSPS) is 11.1. The van der Waals surface area contributed by atoms with Crippen LogP contribution in [0.5, 0.6) is 6.01 Å². The number of para-hydroxylation sites is 2. The molecule has 0 fully saturated rings. The van der Waals surface area contributed by atoms with Crippen molar-refractivity contribution in [2.24, 2.45) is 5.84 Å². The number of nitrogens with one attached hydrogen (secondary N) is 1. The minimum absolute atomic E-state index is 0.0486. The van der Waals surface area contributed by atoms with Crippen molar-refractivity contribution in [1.29, 1.82) is 0 Å². The van der Waals surface area contributed by atoms with E-state index < -0.39 is 18.8 Å². The van der Waals surface area contributed by atoms with Crippen LogP contribution in [0, 0.1) is 0 Å². The molecular weight excluding hydrogens is 361 g/mol. The van der Waals surface area contributed by atoms with Crippen LogP contribution in [0.3, 0.4) is 0 Å². The zero-order valence-electron chi connectivity index (χ0n) is 13.9. The molecule has 0 unspecified atom stereocenters. The highest BCUT2D eigenvalue weighted by Crippen LogP contribution is 2.32. The Labute approximate surface area is 152 Å². The van der Waals surface area contributed by atoms with Gasteiger partial charge in [0, 0.05) is 11.4 Å². The van der Waals surface area contributed by atoms with Crippen LogP contribution in [-0.4, -0.2) is 27.7 Å². The molecule has 0 spiro atoms. The minimum atomic E-state index is -4.53. The zero-order valence-corrected chi connectivity index (χ0v) is 13.9. The number of anilines is 4. The van der Waals surface area contributed by atoms with Gasteiger partial charge in [0.25, 0.3) is 0 Å². The summed E-state index contributed by atoms with van der Waals surface area (Å²) in [5, 5.41) is 0. The van der Waals surface area contributed by atoms with Crippen molar-refractivity contribution in [3.8, 4) is 6.01 Å². The molecule has 1 aromatic heterocycles. The number of aromatic nitrogens is 3. The summed E-state index contributed by atoms with van der Waals surface area (Å²) in [7, 11) is 0. The lowest BCUT2D eigenvalue weighted by Crippen LogP contribution is -2.22. The number of hydrazine groups is 1. The predicted octanol–water partition coefficient (Wildman–Crippen LogP) is 3.57. The number of alkyl halides is 3. The van der Waals surface area contributed by atoms with Gasteiger partial charge in [-0.05, 0) is 24.3 Å². The van der Waals surface area contributed by atoms with E-state index in [9.17, 15) is 13.2 Å². The van der Waals surface area contributed by atoms with Crippen LogP contribution >= 0.6 is 0 Å². The van der Waals surface area contributed by atoms with Crippen molar-refractivity contribution in [2.45, 2.75) is 6.18 Å². The van der Waals surface area contributed by atoms with E-state index >= 15 is 0 Å². The Hall–Kier alpha value is -3.40. The van der Waals surface area contributed by atoms with E-state index in [1.54, 1.807) is 4.90 Å². The number of hydrogen-bond acceptors (Lipinski definition) is 7. The maximum absolute atomic E-state index is 12.5. The van der Waals surface area contributed by atoms with E-state index in [2.05, 4.69) is 25.1 Å². The summed E-state index contributed by atoms with van der Waals surface area (Å²) in [6.07, 6.45) is -4.53. The highest BCUT2D eigenvalue weighted by molar-refractivity contribution is 5.72. The van der Waals surface area contributed by atoms with Crippen molar-refractivity contribution in [3.05, 3.63) is 60.7 Å². The van der Waals surface area contributed by atoms with Gasteiger partial charge in [0.15, 0.2) is 6.61 Å². The lowest BCUT2D eigenvalue weighted by atomic mass is 10.2. The molecule has 3 N–H and O–H groups in total. The van der Waals surface area contributed by atoms with Crippen LogP contribution in [0.4, 0.5) is 36.4 Å². The van der Waals surface area contributed by atoms with Crippen molar-refractivity contribution in [1.82, 2.24) is 15.0 Å². The van der Waals surface area contributed by atoms with Gasteiger partial charge < -0.3 is 4.74 Å². The summed E-state index contributed by atoms with van der Waals surface area (Å²) in [5.41, 5.74) is 3.60. The van der Waals surface area contributed by atoms with Gasteiger partial charge in [0.1, 0.15) is 0 Å². The number of hydrogen-bond donors (Lipinski definition) is 2. The fourth-order valence-corrected chi connectivity index (χ4v) is 2.26. The molecule has 0 saturated carbocycles. The Kier molecular flexibility index (Phi) is 5.36. The quantitative estimate of drug-likeness (QED) is 0.502. The van der Waals surface area contributed by atoms with E-state index in [0.29, 0.717) is 11.4 Å². The highest BCUT2D eigenvalue weighted by atomic mass is 19.4. The molecule has 0 aliphatic rings. The molecule has 0 bridgehead atoms. The number of rotatable bonds is 6. The van der Waals surface area contributed by atoms with E-state index in [-0.39, 0.29) is 11.9 Å². The van der Waals surface area contributed by atoms with Gasteiger partial charge in [0.2, 0.25) is 11.9 Å². The topological polar surface area (TPSA) is 89.2 Å². The largest absolute Gasteiger partial charge is 0.454 e. The molecule has 0 amide bonds. The van der Waals surface area contributed by atoms with Crippen molar-refractivity contribution >= 4 is 23.3 Å². The summed E-state index contributed by atoms with van der Waals surface area (Å²) in [4.78, 5) is 13.5. The Morgan fingerprint density at radius 3 is 1.93 bits per heavy atom. The Morgan fingerprint density at radius 2 is 1.44 bits per heavy atom. The Bertz CT molecular complexity index is 837. The average Bonchev–Trinajstić information content (AvgIpc) is 2.68. The third kappa shape index (κ3) is 4.82. The van der Waals surface area contributed by atoms with Gasteiger partial charge >= 0.3 is 12.2 Å². The van der Waals surface area contributed by atoms with E-state index in [1.807, 2.05) is 60.7 Å². The molecule has 0 saturated heterocycles. The van der Waals surface area contributed by atoms with Gasteiger partial charge in [-0.15, -0.1) is 0 Å².